The van der Waals surface area contributed by atoms with Gasteiger partial charge in [-0.05, 0) is 30.5 Å². The highest BCUT2D eigenvalue weighted by atomic mass is 127. The first-order valence-corrected chi connectivity index (χ1v) is 6.33. The zero-order valence-corrected chi connectivity index (χ0v) is 12.5. The minimum atomic E-state index is 0. The van der Waals surface area contributed by atoms with Crippen molar-refractivity contribution >= 4 is 5.69 Å². The van der Waals surface area contributed by atoms with Crippen molar-refractivity contribution in [2.24, 2.45) is 0 Å². The van der Waals surface area contributed by atoms with E-state index in [0.717, 1.165) is 10.0 Å². The minimum absolute atomic E-state index is 0. The summed E-state index contributed by atoms with van der Waals surface area (Å²) < 4.78 is 1.14. The van der Waals surface area contributed by atoms with Gasteiger partial charge in [0.1, 0.15) is 5.69 Å². The Morgan fingerprint density at radius 3 is 2.12 bits per heavy atom. The lowest BCUT2D eigenvalue weighted by molar-refractivity contribution is -0.00000434. The van der Waals surface area contributed by atoms with Gasteiger partial charge in [0, 0.05) is 24.0 Å². The number of hydrogen-bond acceptors (Lipinski definition) is 1. The number of benzene rings is 1. The fourth-order valence-corrected chi connectivity index (χ4v) is 3.57. The first kappa shape index (κ1) is 13.3. The Kier molecular flexibility index (Phi) is 3.80. The molecule has 0 atom stereocenters. The van der Waals surface area contributed by atoms with Crippen LogP contribution in [0.5, 0.6) is 0 Å². The molecule has 3 heteroatoms. The van der Waals surface area contributed by atoms with Crippen molar-refractivity contribution in [3.63, 3.8) is 0 Å². The van der Waals surface area contributed by atoms with E-state index in [0.29, 0.717) is 0 Å². The summed E-state index contributed by atoms with van der Waals surface area (Å²) in [5.41, 5.74) is 5.67. The summed E-state index contributed by atoms with van der Waals surface area (Å²) in [6, 6.07) is 4.44. The van der Waals surface area contributed by atoms with Gasteiger partial charge in [0.15, 0.2) is 0 Å². The van der Waals surface area contributed by atoms with E-state index >= 15 is 0 Å². The molecule has 0 saturated carbocycles. The zero-order valence-electron chi connectivity index (χ0n) is 10.4. The van der Waals surface area contributed by atoms with Gasteiger partial charge in [0.25, 0.3) is 0 Å². The molecule has 0 saturated heterocycles. The van der Waals surface area contributed by atoms with Gasteiger partial charge in [-0.1, -0.05) is 0 Å². The number of aryl methyl sites for hydroxylation is 2. The molecule has 3 rings (SSSR count). The predicted molar refractivity (Wildman–Crippen MR) is 66.5 cm³/mol. The van der Waals surface area contributed by atoms with Crippen molar-refractivity contribution < 1.29 is 29.1 Å². The Hall–Kier alpha value is -0.130. The monoisotopic (exact) mass is 345 g/mol. The number of rotatable bonds is 1. The van der Waals surface area contributed by atoms with Crippen LogP contribution in [0.4, 0.5) is 5.69 Å². The number of quaternary nitrogens is 1. The van der Waals surface area contributed by atoms with E-state index in [1.165, 1.54) is 49.9 Å². The van der Waals surface area contributed by atoms with E-state index < -0.39 is 0 Å². The molecule has 0 aromatic heterocycles. The first-order valence-electron chi connectivity index (χ1n) is 6.33. The summed E-state index contributed by atoms with van der Waals surface area (Å²) in [5.74, 6) is 0. The molecule has 0 spiro atoms. The lowest BCUT2D eigenvalue weighted by Crippen LogP contribution is -3.00. The van der Waals surface area contributed by atoms with Crippen LogP contribution < -0.4 is 28.5 Å². The molecule has 94 valence electrons. The maximum Gasteiger partial charge on any atom is 0.139 e. The van der Waals surface area contributed by atoms with Crippen molar-refractivity contribution in [2.75, 3.05) is 20.1 Å². The Morgan fingerprint density at radius 1 is 1.12 bits per heavy atom. The highest BCUT2D eigenvalue weighted by Gasteiger charge is 2.36. The quantitative estimate of drug-likeness (QED) is 0.512. The van der Waals surface area contributed by atoms with Gasteiger partial charge in [-0.25, -0.2) is 0 Å². The second-order valence-electron chi connectivity index (χ2n) is 5.47. The normalized spacial score (nSPS) is 20.4. The largest absolute Gasteiger partial charge is 1.00 e. The maximum atomic E-state index is 9.30. The topological polar surface area (TPSA) is 20.2 Å². The number of halogens is 1. The van der Waals surface area contributed by atoms with Crippen molar-refractivity contribution in [3.8, 4) is 0 Å². The van der Waals surface area contributed by atoms with Crippen LogP contribution in [0.2, 0.25) is 0 Å². The van der Waals surface area contributed by atoms with Crippen LogP contribution in [-0.2, 0) is 19.4 Å². The maximum absolute atomic E-state index is 9.30. The summed E-state index contributed by atoms with van der Waals surface area (Å²) in [6.45, 7) is 2.76. The van der Waals surface area contributed by atoms with Crippen LogP contribution in [-0.4, -0.2) is 25.2 Å². The summed E-state index contributed by atoms with van der Waals surface area (Å²) >= 11 is 0. The molecule has 0 amide bonds. The zero-order chi connectivity index (χ0) is 11.2. The lowest BCUT2D eigenvalue weighted by Gasteiger charge is -2.43. The fourth-order valence-electron chi connectivity index (χ4n) is 3.57. The van der Waals surface area contributed by atoms with Gasteiger partial charge in [-0.3, -0.25) is 4.48 Å². The van der Waals surface area contributed by atoms with E-state index in [1.807, 2.05) is 0 Å². The van der Waals surface area contributed by atoms with E-state index in [-0.39, 0.29) is 30.6 Å². The van der Waals surface area contributed by atoms with Crippen LogP contribution in [0.25, 0.3) is 0 Å². The molecule has 0 fully saturated rings. The highest BCUT2D eigenvalue weighted by Crippen LogP contribution is 2.40. The second kappa shape index (κ2) is 4.86. The van der Waals surface area contributed by atoms with Crippen molar-refractivity contribution in [2.45, 2.75) is 32.3 Å². The molecule has 0 radical (unpaired) electrons. The number of aliphatic hydroxyl groups is 1. The average Bonchev–Trinajstić information content (AvgIpc) is 2.28. The Bertz CT molecular complexity index is 399. The summed E-state index contributed by atoms with van der Waals surface area (Å²) in [4.78, 5) is 0. The third-order valence-electron chi connectivity index (χ3n) is 4.25. The summed E-state index contributed by atoms with van der Waals surface area (Å²) in [7, 11) is 2.37. The SMILES string of the molecule is C[N+]12CCCc3cc(CO)cc(c31)CCC2.[I-]. The van der Waals surface area contributed by atoms with Gasteiger partial charge < -0.3 is 29.1 Å². The molecule has 0 bridgehead atoms. The van der Waals surface area contributed by atoms with Crippen molar-refractivity contribution in [3.05, 3.63) is 28.8 Å². The van der Waals surface area contributed by atoms with Gasteiger partial charge in [0.05, 0.1) is 26.7 Å². The summed E-state index contributed by atoms with van der Waals surface area (Å²) in [5, 5.41) is 9.30. The van der Waals surface area contributed by atoms with Crippen LogP contribution in [0.1, 0.15) is 29.5 Å². The van der Waals surface area contributed by atoms with Gasteiger partial charge >= 0.3 is 0 Å². The molecule has 1 N–H and O–H groups in total. The molecule has 1 aromatic carbocycles. The molecule has 2 aliphatic heterocycles. The molecule has 1 aromatic rings. The Balaban J connectivity index is 0.00000108. The van der Waals surface area contributed by atoms with Crippen LogP contribution in [0.15, 0.2) is 12.1 Å². The minimum Gasteiger partial charge on any atom is -1.00 e. The highest BCUT2D eigenvalue weighted by molar-refractivity contribution is 5.61. The standard InChI is InChI=1S/C14H20NO.HI/c1-15-6-2-4-12-8-11(10-16)9-13(14(12)15)5-3-7-15;/h8-9,16H,2-7,10H2,1H3;1H/q+1;/p-1. The van der Waals surface area contributed by atoms with E-state index in [4.69, 9.17) is 0 Å². The first-order chi connectivity index (χ1) is 7.73. The predicted octanol–water partition coefficient (Wildman–Crippen LogP) is -0.988. The van der Waals surface area contributed by atoms with Crippen LogP contribution in [0.3, 0.4) is 0 Å². The second-order valence-corrected chi connectivity index (χ2v) is 5.47. The molecular weight excluding hydrogens is 325 g/mol. The van der Waals surface area contributed by atoms with Gasteiger partial charge in [0.2, 0.25) is 0 Å². The molecule has 0 unspecified atom stereocenters. The molecule has 0 aliphatic carbocycles. The smallest absolute Gasteiger partial charge is 0.139 e. The van der Waals surface area contributed by atoms with Gasteiger partial charge in [-0.2, -0.15) is 0 Å². The molecule has 2 aliphatic rings. The van der Waals surface area contributed by atoms with Crippen LogP contribution in [0, 0.1) is 0 Å². The number of hydrogen-bond donors (Lipinski definition) is 1. The fraction of sp³-hybridized carbons (Fsp3) is 0.571. The molecule has 17 heavy (non-hydrogen) atoms. The van der Waals surface area contributed by atoms with Crippen LogP contribution >= 0.6 is 0 Å². The van der Waals surface area contributed by atoms with E-state index in [9.17, 15) is 5.11 Å². The Labute approximate surface area is 120 Å². The third kappa shape index (κ3) is 2.13. The molecule has 2 heterocycles. The molecular formula is C14H20INO. The number of aliphatic hydroxyl groups excluding tert-OH is 1. The summed E-state index contributed by atoms with van der Waals surface area (Å²) in [6.07, 6.45) is 4.98. The number of nitrogens with zero attached hydrogens (tertiary/aromatic N) is 1. The molecule has 2 nitrogen and oxygen atoms in total. The van der Waals surface area contributed by atoms with Crippen molar-refractivity contribution in [1.29, 1.82) is 0 Å². The Morgan fingerprint density at radius 2 is 1.65 bits per heavy atom. The lowest BCUT2D eigenvalue weighted by atomic mass is 9.88. The van der Waals surface area contributed by atoms with Crippen molar-refractivity contribution in [1.82, 2.24) is 4.48 Å². The third-order valence-corrected chi connectivity index (χ3v) is 4.25. The van der Waals surface area contributed by atoms with E-state index in [2.05, 4.69) is 19.2 Å². The average molecular weight is 345 g/mol. The van der Waals surface area contributed by atoms with Gasteiger partial charge in [-0.15, -0.1) is 0 Å². The van der Waals surface area contributed by atoms with E-state index in [1.54, 1.807) is 5.69 Å².